The van der Waals surface area contributed by atoms with E-state index in [0.717, 1.165) is 47.7 Å². The van der Waals surface area contributed by atoms with Crippen LogP contribution in [0.3, 0.4) is 0 Å². The molecule has 2 heterocycles. The summed E-state index contributed by atoms with van der Waals surface area (Å²) in [7, 11) is 2.18. The number of hydrogen-bond donors (Lipinski definition) is 0. The molecule has 1 aromatic heterocycles. The fraction of sp³-hybridized carbons (Fsp3) is 0.304. The predicted molar refractivity (Wildman–Crippen MR) is 119 cm³/mol. The maximum absolute atomic E-state index is 13.2. The Labute approximate surface area is 178 Å². The number of ketones is 1. The molecule has 142 valence electrons. The van der Waals surface area contributed by atoms with Crippen LogP contribution < -0.4 is 0 Å². The van der Waals surface area contributed by atoms with E-state index in [0.29, 0.717) is 18.3 Å². The molecule has 5 rings (SSSR count). The van der Waals surface area contributed by atoms with Gasteiger partial charge in [0.25, 0.3) is 0 Å². The number of carbonyl (C=O) groups is 1. The van der Waals surface area contributed by atoms with Gasteiger partial charge in [0.1, 0.15) is 5.69 Å². The molecular formula is C23H22IN3O. The molecule has 0 radical (unpaired) electrons. The molecule has 28 heavy (non-hydrogen) atoms. The van der Waals surface area contributed by atoms with E-state index in [9.17, 15) is 4.79 Å². The normalized spacial score (nSPS) is 22.0. The number of likely N-dealkylation sites (tertiary alicyclic amines) is 1. The minimum atomic E-state index is 0.247. The first-order valence-electron chi connectivity index (χ1n) is 9.78. The highest BCUT2D eigenvalue weighted by Gasteiger charge is 2.42. The molecule has 4 nitrogen and oxygen atoms in total. The van der Waals surface area contributed by atoms with Gasteiger partial charge in [-0.25, -0.2) is 4.68 Å². The van der Waals surface area contributed by atoms with E-state index in [4.69, 9.17) is 5.10 Å². The first kappa shape index (κ1) is 18.1. The maximum atomic E-state index is 13.2. The van der Waals surface area contributed by atoms with Crippen LogP contribution in [-0.4, -0.2) is 40.6 Å². The molecule has 1 aliphatic heterocycles. The van der Waals surface area contributed by atoms with Gasteiger partial charge in [0, 0.05) is 28.0 Å². The summed E-state index contributed by atoms with van der Waals surface area (Å²) in [5.74, 6) is 1.01. The molecule has 0 amide bonds. The van der Waals surface area contributed by atoms with Gasteiger partial charge in [0.2, 0.25) is 0 Å². The number of aromatic nitrogens is 2. The van der Waals surface area contributed by atoms with Gasteiger partial charge in [-0.1, -0.05) is 30.3 Å². The van der Waals surface area contributed by atoms with Crippen LogP contribution in [0, 0.1) is 9.49 Å². The van der Waals surface area contributed by atoms with E-state index in [-0.39, 0.29) is 5.78 Å². The third-order valence-corrected chi connectivity index (χ3v) is 6.80. The zero-order chi connectivity index (χ0) is 19.3. The Morgan fingerprint density at radius 3 is 2.57 bits per heavy atom. The number of nitrogens with zero attached hydrogens (tertiary/aromatic N) is 3. The van der Waals surface area contributed by atoms with Crippen molar-refractivity contribution in [2.45, 2.75) is 18.8 Å². The van der Waals surface area contributed by atoms with Gasteiger partial charge in [0.15, 0.2) is 5.78 Å². The van der Waals surface area contributed by atoms with Crippen molar-refractivity contribution in [3.8, 4) is 16.9 Å². The third-order valence-electron chi connectivity index (χ3n) is 6.08. The van der Waals surface area contributed by atoms with Gasteiger partial charge in [0.05, 0.1) is 16.9 Å². The molecule has 1 fully saturated rings. The van der Waals surface area contributed by atoms with Gasteiger partial charge < -0.3 is 4.90 Å². The van der Waals surface area contributed by atoms with Gasteiger partial charge in [-0.15, -0.1) is 0 Å². The summed E-state index contributed by atoms with van der Waals surface area (Å²) in [6.45, 7) is 2.04. The summed E-state index contributed by atoms with van der Waals surface area (Å²) in [4.78, 5) is 15.6. The van der Waals surface area contributed by atoms with E-state index >= 15 is 0 Å². The largest absolute Gasteiger partial charge is 0.306 e. The van der Waals surface area contributed by atoms with Crippen LogP contribution in [-0.2, 0) is 0 Å². The Bertz CT molecular complexity index is 1030. The molecule has 2 aromatic carbocycles. The fourth-order valence-electron chi connectivity index (χ4n) is 4.68. The van der Waals surface area contributed by atoms with Crippen molar-refractivity contribution in [1.29, 1.82) is 0 Å². The average molecular weight is 483 g/mol. The molecule has 2 unspecified atom stereocenters. The number of benzene rings is 2. The van der Waals surface area contributed by atoms with E-state index in [1.54, 1.807) is 0 Å². The van der Waals surface area contributed by atoms with Crippen LogP contribution in [0.25, 0.3) is 16.9 Å². The molecular weight excluding hydrogens is 461 g/mol. The van der Waals surface area contributed by atoms with Gasteiger partial charge in [-0.05, 0) is 72.8 Å². The summed E-state index contributed by atoms with van der Waals surface area (Å²) < 4.78 is 3.23. The lowest BCUT2D eigenvalue weighted by Gasteiger charge is -2.39. The first-order valence-corrected chi connectivity index (χ1v) is 10.9. The molecule has 2 aliphatic rings. The second kappa shape index (κ2) is 7.12. The SMILES string of the molecule is CN1CCC2CC(=O)c3c(-c4ccccc4)nn(-c4ccc(I)cc4)c3C2C1. The van der Waals surface area contributed by atoms with Gasteiger partial charge >= 0.3 is 0 Å². The number of likely N-dealkylation sites (N-methyl/N-ethyl adjacent to an activating group) is 1. The van der Waals surface area contributed by atoms with E-state index in [1.807, 2.05) is 35.0 Å². The predicted octanol–water partition coefficient (Wildman–Crippen LogP) is 4.77. The van der Waals surface area contributed by atoms with Crippen LogP contribution in [0.5, 0.6) is 0 Å². The van der Waals surface area contributed by atoms with Crippen LogP contribution in [0.2, 0.25) is 0 Å². The Morgan fingerprint density at radius 2 is 1.82 bits per heavy atom. The van der Waals surface area contributed by atoms with E-state index in [1.165, 1.54) is 3.57 Å². The Balaban J connectivity index is 1.75. The smallest absolute Gasteiger partial charge is 0.167 e. The molecule has 0 spiro atoms. The van der Waals surface area contributed by atoms with Crippen LogP contribution in [0.15, 0.2) is 54.6 Å². The molecule has 0 bridgehead atoms. The van der Waals surface area contributed by atoms with Gasteiger partial charge in [-0.2, -0.15) is 5.10 Å². The quantitative estimate of drug-likeness (QED) is 0.494. The molecule has 0 N–H and O–H groups in total. The molecule has 0 saturated carbocycles. The fourth-order valence-corrected chi connectivity index (χ4v) is 5.04. The Hall–Kier alpha value is -1.99. The maximum Gasteiger partial charge on any atom is 0.167 e. The molecule has 1 saturated heterocycles. The van der Waals surface area contributed by atoms with Crippen molar-refractivity contribution in [1.82, 2.24) is 14.7 Å². The van der Waals surface area contributed by atoms with Crippen molar-refractivity contribution >= 4 is 28.4 Å². The van der Waals surface area contributed by atoms with Crippen LogP contribution in [0.1, 0.15) is 34.8 Å². The highest BCUT2D eigenvalue weighted by atomic mass is 127. The summed E-state index contributed by atoms with van der Waals surface area (Å²) >= 11 is 2.32. The Morgan fingerprint density at radius 1 is 1.07 bits per heavy atom. The lowest BCUT2D eigenvalue weighted by molar-refractivity contribution is 0.0884. The number of fused-ring (bicyclic) bond motifs is 3. The highest BCUT2D eigenvalue weighted by Crippen LogP contribution is 2.44. The summed E-state index contributed by atoms with van der Waals surface area (Å²) in [6.07, 6.45) is 1.72. The molecule has 5 heteroatoms. The lowest BCUT2D eigenvalue weighted by atomic mass is 9.73. The second-order valence-electron chi connectivity index (χ2n) is 7.91. The molecule has 3 aromatic rings. The highest BCUT2D eigenvalue weighted by molar-refractivity contribution is 14.1. The second-order valence-corrected chi connectivity index (χ2v) is 9.15. The minimum Gasteiger partial charge on any atom is -0.306 e. The number of hydrogen-bond acceptors (Lipinski definition) is 3. The zero-order valence-electron chi connectivity index (χ0n) is 15.8. The first-order chi connectivity index (χ1) is 13.6. The standard InChI is InChI=1S/C23H22IN3O/c1-26-12-11-16-13-20(28)21-22(15-5-3-2-4-6-15)25-27(23(21)19(16)14-26)18-9-7-17(24)8-10-18/h2-10,16,19H,11-14H2,1H3. The molecule has 1 aliphatic carbocycles. The van der Waals surface area contributed by atoms with Crippen LogP contribution in [0.4, 0.5) is 0 Å². The molecule has 2 atom stereocenters. The van der Waals surface area contributed by atoms with Gasteiger partial charge in [-0.3, -0.25) is 4.79 Å². The number of halogens is 1. The number of piperidine rings is 1. The van der Waals surface area contributed by atoms with E-state index in [2.05, 4.69) is 58.8 Å². The van der Waals surface area contributed by atoms with Crippen molar-refractivity contribution in [2.75, 3.05) is 20.1 Å². The summed E-state index contributed by atoms with van der Waals surface area (Å²) in [6, 6.07) is 18.5. The monoisotopic (exact) mass is 483 g/mol. The van der Waals surface area contributed by atoms with Crippen LogP contribution >= 0.6 is 22.6 Å². The van der Waals surface area contributed by atoms with Crippen molar-refractivity contribution in [3.63, 3.8) is 0 Å². The average Bonchev–Trinajstić information content (AvgIpc) is 3.11. The Kier molecular flexibility index (Phi) is 4.59. The van der Waals surface area contributed by atoms with Crippen molar-refractivity contribution in [3.05, 3.63) is 69.4 Å². The van der Waals surface area contributed by atoms with E-state index < -0.39 is 0 Å². The summed E-state index contributed by atoms with van der Waals surface area (Å²) in [5, 5.41) is 5.00. The minimum absolute atomic E-state index is 0.247. The zero-order valence-corrected chi connectivity index (χ0v) is 18.0. The van der Waals surface area contributed by atoms with Crippen molar-refractivity contribution < 1.29 is 4.79 Å². The number of rotatable bonds is 2. The van der Waals surface area contributed by atoms with Crippen molar-refractivity contribution in [2.24, 2.45) is 5.92 Å². The third kappa shape index (κ3) is 3.01. The summed E-state index contributed by atoms with van der Waals surface area (Å²) in [5.41, 5.74) is 4.81. The topological polar surface area (TPSA) is 38.1 Å². The number of Topliss-reactive ketones (excluding diaryl/α,β-unsaturated/α-hetero) is 1. The lowest BCUT2D eigenvalue weighted by Crippen LogP contribution is -2.41. The number of carbonyl (C=O) groups excluding carboxylic acids is 1.